The van der Waals surface area contributed by atoms with Crippen molar-refractivity contribution in [1.29, 1.82) is 0 Å². The number of amides is 3. The van der Waals surface area contributed by atoms with E-state index in [2.05, 4.69) is 16.0 Å². The molecule has 3 rings (SSSR count). The van der Waals surface area contributed by atoms with E-state index in [1.54, 1.807) is 4.90 Å². The molecule has 7 heteroatoms. The van der Waals surface area contributed by atoms with Crippen LogP contribution in [0, 0.1) is 5.41 Å². The van der Waals surface area contributed by atoms with Gasteiger partial charge in [-0.3, -0.25) is 9.69 Å². The van der Waals surface area contributed by atoms with Crippen LogP contribution >= 0.6 is 12.4 Å². The lowest BCUT2D eigenvalue weighted by atomic mass is 9.82. The Morgan fingerprint density at radius 1 is 1.35 bits per heavy atom. The molecule has 0 spiro atoms. The van der Waals surface area contributed by atoms with E-state index in [1.165, 1.54) is 0 Å². The molecule has 126 valence electrons. The lowest BCUT2D eigenvalue weighted by Gasteiger charge is -2.32. The minimum Gasteiger partial charge on any atom is -0.336 e. The van der Waals surface area contributed by atoms with Crippen molar-refractivity contribution in [2.24, 2.45) is 5.41 Å². The Bertz CT molecular complexity index is 587. The van der Waals surface area contributed by atoms with Gasteiger partial charge in [-0.2, -0.15) is 0 Å². The number of urea groups is 1. The Morgan fingerprint density at radius 3 is 2.83 bits per heavy atom. The van der Waals surface area contributed by atoms with Crippen LogP contribution in [0.25, 0.3) is 0 Å². The maximum atomic E-state index is 12.5. The van der Waals surface area contributed by atoms with E-state index in [0.717, 1.165) is 30.8 Å². The SMILES string of the molecule is CC1(C(=O)Nc2cccc(N3CCNC3=O)c2)CCCNC1.Cl. The normalized spacial score (nSPS) is 23.9. The van der Waals surface area contributed by atoms with Crippen molar-refractivity contribution >= 4 is 35.7 Å². The third-order valence-corrected chi connectivity index (χ3v) is 4.42. The number of hydrogen-bond acceptors (Lipinski definition) is 3. The number of nitrogens with zero attached hydrogens (tertiary/aromatic N) is 1. The van der Waals surface area contributed by atoms with Crippen molar-refractivity contribution in [3.05, 3.63) is 24.3 Å². The van der Waals surface area contributed by atoms with Gasteiger partial charge in [0.25, 0.3) is 0 Å². The third kappa shape index (κ3) is 3.76. The number of piperidine rings is 1. The number of halogens is 1. The molecule has 23 heavy (non-hydrogen) atoms. The minimum absolute atomic E-state index is 0. The number of carbonyl (C=O) groups excluding carboxylic acids is 2. The molecule has 2 heterocycles. The Balaban J connectivity index is 0.00000192. The molecule has 1 atom stereocenters. The molecule has 6 nitrogen and oxygen atoms in total. The maximum absolute atomic E-state index is 12.5. The van der Waals surface area contributed by atoms with E-state index in [0.29, 0.717) is 19.6 Å². The first-order valence-corrected chi connectivity index (χ1v) is 7.76. The first kappa shape index (κ1) is 17.6. The van der Waals surface area contributed by atoms with Gasteiger partial charge in [0, 0.05) is 31.0 Å². The summed E-state index contributed by atoms with van der Waals surface area (Å²) in [5, 5.41) is 9.05. The smallest absolute Gasteiger partial charge is 0.321 e. The van der Waals surface area contributed by atoms with Crippen molar-refractivity contribution in [2.45, 2.75) is 19.8 Å². The maximum Gasteiger partial charge on any atom is 0.321 e. The van der Waals surface area contributed by atoms with Crippen LogP contribution < -0.4 is 20.9 Å². The number of anilines is 2. The summed E-state index contributed by atoms with van der Waals surface area (Å²) in [5.74, 6) is 0.0303. The molecule has 2 fully saturated rings. The van der Waals surface area contributed by atoms with Gasteiger partial charge in [0.1, 0.15) is 0 Å². The van der Waals surface area contributed by atoms with Gasteiger partial charge in [-0.1, -0.05) is 6.07 Å². The zero-order valence-corrected chi connectivity index (χ0v) is 14.0. The molecular weight excluding hydrogens is 316 g/mol. The molecule has 0 aliphatic carbocycles. The van der Waals surface area contributed by atoms with Gasteiger partial charge in [-0.25, -0.2) is 4.79 Å². The fourth-order valence-electron chi connectivity index (χ4n) is 3.00. The van der Waals surface area contributed by atoms with Crippen molar-refractivity contribution < 1.29 is 9.59 Å². The lowest BCUT2D eigenvalue weighted by Crippen LogP contribution is -2.46. The summed E-state index contributed by atoms with van der Waals surface area (Å²) < 4.78 is 0. The van der Waals surface area contributed by atoms with Crippen molar-refractivity contribution in [2.75, 3.05) is 36.4 Å². The van der Waals surface area contributed by atoms with Crippen LogP contribution in [0.15, 0.2) is 24.3 Å². The summed E-state index contributed by atoms with van der Waals surface area (Å²) in [4.78, 5) is 25.9. The quantitative estimate of drug-likeness (QED) is 0.789. The molecule has 2 aliphatic heterocycles. The van der Waals surface area contributed by atoms with Gasteiger partial charge < -0.3 is 16.0 Å². The van der Waals surface area contributed by atoms with Crippen LogP contribution in [0.5, 0.6) is 0 Å². The van der Waals surface area contributed by atoms with Crippen molar-refractivity contribution in [3.8, 4) is 0 Å². The van der Waals surface area contributed by atoms with E-state index >= 15 is 0 Å². The molecule has 2 saturated heterocycles. The van der Waals surface area contributed by atoms with Crippen LogP contribution in [-0.2, 0) is 4.79 Å². The Morgan fingerprint density at radius 2 is 2.17 bits per heavy atom. The molecule has 0 aromatic heterocycles. The lowest BCUT2D eigenvalue weighted by molar-refractivity contribution is -0.125. The highest BCUT2D eigenvalue weighted by atomic mass is 35.5. The molecule has 0 bridgehead atoms. The summed E-state index contributed by atoms with van der Waals surface area (Å²) in [6, 6.07) is 7.35. The summed E-state index contributed by atoms with van der Waals surface area (Å²) in [5.41, 5.74) is 1.16. The minimum atomic E-state index is -0.376. The number of nitrogens with one attached hydrogen (secondary N) is 3. The second-order valence-corrected chi connectivity index (χ2v) is 6.23. The van der Waals surface area contributed by atoms with E-state index in [1.807, 2.05) is 31.2 Å². The zero-order valence-electron chi connectivity index (χ0n) is 13.2. The predicted octanol–water partition coefficient (Wildman–Crippen LogP) is 1.97. The van der Waals surface area contributed by atoms with Crippen LogP contribution in [0.1, 0.15) is 19.8 Å². The molecule has 0 radical (unpaired) electrons. The Hall–Kier alpha value is -1.79. The third-order valence-electron chi connectivity index (χ3n) is 4.42. The zero-order chi connectivity index (χ0) is 15.6. The van der Waals surface area contributed by atoms with Gasteiger partial charge in [0.05, 0.1) is 5.41 Å². The number of benzene rings is 1. The van der Waals surface area contributed by atoms with Gasteiger partial charge >= 0.3 is 6.03 Å². The fraction of sp³-hybridized carbons (Fsp3) is 0.500. The van der Waals surface area contributed by atoms with Crippen LogP contribution in [-0.4, -0.2) is 38.1 Å². The highest BCUT2D eigenvalue weighted by Crippen LogP contribution is 2.28. The molecule has 1 aromatic carbocycles. The largest absolute Gasteiger partial charge is 0.336 e. The van der Waals surface area contributed by atoms with Crippen LogP contribution in [0.4, 0.5) is 16.2 Å². The highest BCUT2D eigenvalue weighted by Gasteiger charge is 2.34. The average Bonchev–Trinajstić information content (AvgIpc) is 2.94. The summed E-state index contributed by atoms with van der Waals surface area (Å²) >= 11 is 0. The first-order valence-electron chi connectivity index (χ1n) is 7.76. The molecule has 2 aliphatic rings. The average molecular weight is 339 g/mol. The van der Waals surface area contributed by atoms with E-state index in [-0.39, 0.29) is 29.8 Å². The highest BCUT2D eigenvalue weighted by molar-refractivity contribution is 5.97. The predicted molar refractivity (Wildman–Crippen MR) is 93.3 cm³/mol. The van der Waals surface area contributed by atoms with E-state index in [4.69, 9.17) is 0 Å². The second kappa shape index (κ2) is 7.19. The molecular formula is C16H23ClN4O2. The molecule has 1 unspecified atom stereocenters. The standard InChI is InChI=1S/C16H22N4O2.ClH/c1-16(6-3-7-17-11-16)14(21)19-12-4-2-5-13(10-12)20-9-8-18-15(20)22;/h2,4-5,10,17H,3,6-9,11H2,1H3,(H,18,22)(H,19,21);1H. The van der Waals surface area contributed by atoms with Crippen LogP contribution in [0.3, 0.4) is 0 Å². The summed E-state index contributed by atoms with van der Waals surface area (Å²) in [7, 11) is 0. The molecule has 1 aromatic rings. The fourth-order valence-corrected chi connectivity index (χ4v) is 3.00. The van der Waals surface area contributed by atoms with Gasteiger partial charge in [-0.05, 0) is 44.5 Å². The molecule has 3 amide bonds. The second-order valence-electron chi connectivity index (χ2n) is 6.23. The van der Waals surface area contributed by atoms with E-state index in [9.17, 15) is 9.59 Å². The number of hydrogen-bond donors (Lipinski definition) is 3. The van der Waals surface area contributed by atoms with Gasteiger partial charge in [0.15, 0.2) is 0 Å². The monoisotopic (exact) mass is 338 g/mol. The molecule has 0 saturated carbocycles. The summed E-state index contributed by atoms with van der Waals surface area (Å²) in [6.07, 6.45) is 1.90. The Labute approximate surface area is 142 Å². The van der Waals surface area contributed by atoms with Crippen molar-refractivity contribution in [1.82, 2.24) is 10.6 Å². The van der Waals surface area contributed by atoms with Gasteiger partial charge in [0.2, 0.25) is 5.91 Å². The van der Waals surface area contributed by atoms with Crippen molar-refractivity contribution in [3.63, 3.8) is 0 Å². The van der Waals surface area contributed by atoms with E-state index < -0.39 is 0 Å². The number of rotatable bonds is 3. The Kier molecular flexibility index (Phi) is 5.49. The van der Waals surface area contributed by atoms with Gasteiger partial charge in [-0.15, -0.1) is 12.4 Å². The summed E-state index contributed by atoms with van der Waals surface area (Å²) in [6.45, 7) is 4.97. The topological polar surface area (TPSA) is 73.5 Å². The molecule has 3 N–H and O–H groups in total. The number of carbonyl (C=O) groups is 2. The van der Waals surface area contributed by atoms with Crippen LogP contribution in [0.2, 0.25) is 0 Å². The first-order chi connectivity index (χ1) is 10.6.